The second kappa shape index (κ2) is 9.84. The van der Waals surface area contributed by atoms with Gasteiger partial charge < -0.3 is 14.8 Å². The Hall–Kier alpha value is -2.05. The van der Waals surface area contributed by atoms with Crippen LogP contribution in [-0.4, -0.2) is 44.2 Å². The molecule has 1 saturated carbocycles. The van der Waals surface area contributed by atoms with Crippen molar-refractivity contribution in [2.24, 2.45) is 0 Å². The van der Waals surface area contributed by atoms with E-state index in [0.29, 0.717) is 12.5 Å². The monoisotopic (exact) mass is 428 g/mol. The van der Waals surface area contributed by atoms with Gasteiger partial charge in [0.25, 0.3) is 0 Å². The number of ether oxygens (including phenoxy) is 2. The summed E-state index contributed by atoms with van der Waals surface area (Å²) < 4.78 is 11.1. The van der Waals surface area contributed by atoms with Crippen LogP contribution in [0.3, 0.4) is 0 Å². The third kappa shape index (κ3) is 4.65. The molecule has 4 rings (SSSR count). The van der Waals surface area contributed by atoms with E-state index in [1.807, 2.05) is 0 Å². The average molecular weight is 429 g/mol. The molecule has 0 spiro atoms. The van der Waals surface area contributed by atoms with Gasteiger partial charge in [-0.15, -0.1) is 11.3 Å². The molecule has 6 heteroatoms. The molecule has 30 heavy (non-hydrogen) atoms. The first kappa shape index (κ1) is 21.2. The highest BCUT2D eigenvalue weighted by Gasteiger charge is 2.31. The van der Waals surface area contributed by atoms with Crippen LogP contribution < -0.4 is 14.8 Å². The molecule has 2 aliphatic rings. The topological polar surface area (TPSA) is 50.8 Å². The minimum Gasteiger partial charge on any atom is -0.493 e. The van der Waals surface area contributed by atoms with Gasteiger partial charge in [-0.2, -0.15) is 0 Å². The van der Waals surface area contributed by atoms with Crippen molar-refractivity contribution in [1.29, 1.82) is 0 Å². The van der Waals surface area contributed by atoms with Gasteiger partial charge in [-0.05, 0) is 54.0 Å². The van der Waals surface area contributed by atoms with Gasteiger partial charge in [0.05, 0.1) is 20.3 Å². The van der Waals surface area contributed by atoms with Gasteiger partial charge >= 0.3 is 0 Å². The van der Waals surface area contributed by atoms with E-state index in [1.165, 1.54) is 35.3 Å². The molecule has 1 amide bonds. The molecule has 1 atom stereocenters. The predicted molar refractivity (Wildman–Crippen MR) is 121 cm³/mol. The van der Waals surface area contributed by atoms with Crippen LogP contribution in [0.25, 0.3) is 0 Å². The van der Waals surface area contributed by atoms with Gasteiger partial charge in [-0.25, -0.2) is 0 Å². The van der Waals surface area contributed by atoms with Crippen LogP contribution in [0.2, 0.25) is 0 Å². The molecule has 0 bridgehead atoms. The first-order valence-electron chi connectivity index (χ1n) is 11.0. The van der Waals surface area contributed by atoms with Crippen molar-refractivity contribution in [1.82, 2.24) is 10.2 Å². The maximum absolute atomic E-state index is 12.6. The molecule has 1 aromatic carbocycles. The van der Waals surface area contributed by atoms with Gasteiger partial charge in [0.15, 0.2) is 11.5 Å². The Labute approximate surface area is 183 Å². The van der Waals surface area contributed by atoms with Gasteiger partial charge in [-0.3, -0.25) is 9.69 Å². The van der Waals surface area contributed by atoms with Gasteiger partial charge in [0, 0.05) is 30.4 Å². The predicted octanol–water partition coefficient (Wildman–Crippen LogP) is 4.55. The summed E-state index contributed by atoms with van der Waals surface area (Å²) in [5.74, 6) is 1.72. The Kier molecular flexibility index (Phi) is 6.95. The molecular weight excluding hydrogens is 396 g/mol. The van der Waals surface area contributed by atoms with Gasteiger partial charge in [0.1, 0.15) is 0 Å². The molecule has 2 heterocycles. The lowest BCUT2D eigenvalue weighted by Gasteiger charge is -2.37. The number of benzene rings is 1. The molecule has 0 unspecified atom stereocenters. The maximum Gasteiger partial charge on any atom is 0.221 e. The highest BCUT2D eigenvalue weighted by molar-refractivity contribution is 7.10. The fraction of sp³-hybridized carbons (Fsp3) is 0.542. The third-order valence-electron chi connectivity index (χ3n) is 6.38. The van der Waals surface area contributed by atoms with Gasteiger partial charge in [0.2, 0.25) is 5.91 Å². The largest absolute Gasteiger partial charge is 0.493 e. The summed E-state index contributed by atoms with van der Waals surface area (Å²) in [6.45, 7) is 1.69. The van der Waals surface area contributed by atoms with E-state index in [-0.39, 0.29) is 11.9 Å². The van der Waals surface area contributed by atoms with Crippen molar-refractivity contribution >= 4 is 17.2 Å². The summed E-state index contributed by atoms with van der Waals surface area (Å²) in [5.41, 5.74) is 2.56. The van der Waals surface area contributed by atoms with E-state index in [2.05, 4.69) is 39.9 Å². The Morgan fingerprint density at radius 2 is 1.93 bits per heavy atom. The van der Waals surface area contributed by atoms with E-state index in [9.17, 15) is 4.79 Å². The molecule has 0 saturated heterocycles. The number of carbonyl (C=O) groups excluding carboxylic acids is 1. The molecular formula is C24H32N2O3S. The lowest BCUT2D eigenvalue weighted by atomic mass is 9.90. The van der Waals surface area contributed by atoms with Crippen molar-refractivity contribution < 1.29 is 14.3 Å². The fourth-order valence-corrected chi connectivity index (χ4v) is 5.69. The second-order valence-corrected chi connectivity index (χ2v) is 9.24. The van der Waals surface area contributed by atoms with Crippen LogP contribution in [0.15, 0.2) is 29.6 Å². The van der Waals surface area contributed by atoms with Crippen LogP contribution in [0.5, 0.6) is 11.5 Å². The number of hydrogen-bond acceptors (Lipinski definition) is 5. The quantitative estimate of drug-likeness (QED) is 0.703. The van der Waals surface area contributed by atoms with E-state index >= 15 is 0 Å². The number of methoxy groups -OCH3 is 2. The average Bonchev–Trinajstić information content (AvgIpc) is 3.31. The standard InChI is InChI=1S/C24H32N2O3S/c1-28-20-15-17-10-12-26(13-11-23(27)25-18-7-4-3-5-8-18)24(22-9-6-14-30-22)19(17)16-21(20)29-2/h6,9,14-16,18,24H,3-5,7-8,10-13H2,1-2H3,(H,25,27)/t24-/m1/s1. The first-order valence-corrected chi connectivity index (χ1v) is 11.9. The highest BCUT2D eigenvalue weighted by Crippen LogP contribution is 2.42. The molecule has 1 N–H and O–H groups in total. The van der Waals surface area contributed by atoms with E-state index in [1.54, 1.807) is 25.6 Å². The molecule has 1 aliphatic heterocycles. The molecule has 1 aliphatic carbocycles. The minimum atomic E-state index is 0.149. The molecule has 5 nitrogen and oxygen atoms in total. The zero-order chi connectivity index (χ0) is 20.9. The van der Waals surface area contributed by atoms with E-state index in [0.717, 1.165) is 43.9 Å². The third-order valence-corrected chi connectivity index (χ3v) is 7.31. The number of fused-ring (bicyclic) bond motifs is 1. The molecule has 0 radical (unpaired) electrons. The number of nitrogens with one attached hydrogen (secondary N) is 1. The maximum atomic E-state index is 12.6. The number of carbonyl (C=O) groups is 1. The van der Waals surface area contributed by atoms with E-state index in [4.69, 9.17) is 9.47 Å². The number of rotatable bonds is 7. The summed E-state index contributed by atoms with van der Waals surface area (Å²) in [6.07, 6.45) is 7.52. The smallest absolute Gasteiger partial charge is 0.221 e. The van der Waals surface area contributed by atoms with Crippen molar-refractivity contribution in [3.63, 3.8) is 0 Å². The van der Waals surface area contributed by atoms with Gasteiger partial charge in [-0.1, -0.05) is 25.3 Å². The zero-order valence-corrected chi connectivity index (χ0v) is 18.8. The first-order chi connectivity index (χ1) is 14.7. The Balaban J connectivity index is 1.51. The molecule has 1 fully saturated rings. The number of hydrogen-bond donors (Lipinski definition) is 1. The minimum absolute atomic E-state index is 0.149. The van der Waals surface area contributed by atoms with E-state index < -0.39 is 0 Å². The Bertz CT molecular complexity index is 846. The summed E-state index contributed by atoms with van der Waals surface area (Å²) in [4.78, 5) is 16.4. The van der Waals surface area contributed by atoms with Crippen molar-refractivity contribution in [2.45, 2.75) is 57.0 Å². The van der Waals surface area contributed by atoms with Crippen LogP contribution in [0.4, 0.5) is 0 Å². The molecule has 2 aromatic rings. The van der Waals surface area contributed by atoms with Crippen LogP contribution >= 0.6 is 11.3 Å². The van der Waals surface area contributed by atoms with Crippen molar-refractivity contribution in [3.8, 4) is 11.5 Å². The summed E-state index contributed by atoms with van der Waals surface area (Å²) in [7, 11) is 3.36. The number of amides is 1. The van der Waals surface area contributed by atoms with Crippen LogP contribution in [-0.2, 0) is 11.2 Å². The zero-order valence-electron chi connectivity index (χ0n) is 18.0. The van der Waals surface area contributed by atoms with Crippen LogP contribution in [0, 0.1) is 0 Å². The van der Waals surface area contributed by atoms with Crippen LogP contribution in [0.1, 0.15) is 60.6 Å². The SMILES string of the molecule is COc1cc2c(cc1OC)[C@H](c1cccs1)N(CCC(=O)NC1CCCCC1)CC2. The van der Waals surface area contributed by atoms with Crippen molar-refractivity contribution in [2.75, 3.05) is 27.3 Å². The number of nitrogens with zero attached hydrogens (tertiary/aromatic N) is 1. The Morgan fingerprint density at radius 3 is 2.63 bits per heavy atom. The molecule has 1 aromatic heterocycles. The summed E-state index contributed by atoms with van der Waals surface area (Å²) in [6, 6.07) is 9.04. The normalized spacial score (nSPS) is 19.9. The summed E-state index contributed by atoms with van der Waals surface area (Å²) in [5, 5.41) is 5.38. The fourth-order valence-electron chi connectivity index (χ4n) is 4.81. The highest BCUT2D eigenvalue weighted by atomic mass is 32.1. The van der Waals surface area contributed by atoms with Crippen molar-refractivity contribution in [3.05, 3.63) is 45.6 Å². The second-order valence-electron chi connectivity index (χ2n) is 8.26. The lowest BCUT2D eigenvalue weighted by molar-refractivity contribution is -0.122. The Morgan fingerprint density at radius 1 is 1.17 bits per heavy atom. The number of thiophene rings is 1. The molecule has 162 valence electrons. The lowest BCUT2D eigenvalue weighted by Crippen LogP contribution is -2.41. The summed E-state index contributed by atoms with van der Waals surface area (Å²) >= 11 is 1.77.